The fourth-order valence-electron chi connectivity index (χ4n) is 2.03. The first-order chi connectivity index (χ1) is 11.2. The van der Waals surface area contributed by atoms with Crippen molar-refractivity contribution >= 4 is 37.5 Å². The number of rotatable bonds is 5. The standard InChI is InChI=1S/C17H19BrN2O3S/c1-11(2)20-24(22,23)15-8-6-14(7-9-15)19-17(21)13-5-4-12(3)16(18)10-13/h4-11,20H,1-3H3,(H,19,21). The van der Waals surface area contributed by atoms with Crippen molar-refractivity contribution < 1.29 is 13.2 Å². The average molecular weight is 411 g/mol. The summed E-state index contributed by atoms with van der Waals surface area (Å²) in [5.41, 5.74) is 2.09. The summed E-state index contributed by atoms with van der Waals surface area (Å²) in [7, 11) is -3.54. The largest absolute Gasteiger partial charge is 0.322 e. The molecular weight excluding hydrogens is 392 g/mol. The lowest BCUT2D eigenvalue weighted by Crippen LogP contribution is -2.30. The molecule has 5 nitrogen and oxygen atoms in total. The summed E-state index contributed by atoms with van der Waals surface area (Å²) in [4.78, 5) is 12.4. The van der Waals surface area contributed by atoms with Crippen molar-refractivity contribution in [2.45, 2.75) is 31.7 Å². The number of anilines is 1. The minimum atomic E-state index is -3.54. The molecule has 0 saturated heterocycles. The van der Waals surface area contributed by atoms with Crippen LogP contribution in [0.2, 0.25) is 0 Å². The number of hydrogen-bond acceptors (Lipinski definition) is 3. The number of nitrogens with one attached hydrogen (secondary N) is 2. The summed E-state index contributed by atoms with van der Waals surface area (Å²) < 4.78 is 27.5. The van der Waals surface area contributed by atoms with Gasteiger partial charge in [0, 0.05) is 21.8 Å². The van der Waals surface area contributed by atoms with Crippen molar-refractivity contribution in [3.8, 4) is 0 Å². The predicted octanol–water partition coefficient (Wildman–Crippen LogP) is 3.70. The van der Waals surface area contributed by atoms with Gasteiger partial charge in [-0.2, -0.15) is 0 Å². The molecule has 2 rings (SSSR count). The Morgan fingerprint density at radius 3 is 2.25 bits per heavy atom. The molecule has 0 bridgehead atoms. The normalized spacial score (nSPS) is 11.5. The second-order valence-electron chi connectivity index (χ2n) is 5.72. The van der Waals surface area contributed by atoms with Crippen LogP contribution in [-0.4, -0.2) is 20.4 Å². The van der Waals surface area contributed by atoms with E-state index >= 15 is 0 Å². The molecule has 0 fully saturated rings. The molecule has 0 aliphatic rings. The van der Waals surface area contributed by atoms with Gasteiger partial charge >= 0.3 is 0 Å². The van der Waals surface area contributed by atoms with Gasteiger partial charge in [0.05, 0.1) is 4.90 Å². The molecule has 24 heavy (non-hydrogen) atoms. The molecule has 0 unspecified atom stereocenters. The first-order valence-corrected chi connectivity index (χ1v) is 9.66. The molecule has 0 aliphatic carbocycles. The second kappa shape index (κ2) is 7.46. The van der Waals surface area contributed by atoms with Crippen LogP contribution in [0.3, 0.4) is 0 Å². The number of hydrogen-bond donors (Lipinski definition) is 2. The third-order valence-corrected chi connectivity index (χ3v) is 5.78. The first-order valence-electron chi connectivity index (χ1n) is 7.39. The Morgan fingerprint density at radius 1 is 1.08 bits per heavy atom. The summed E-state index contributed by atoms with van der Waals surface area (Å²) >= 11 is 3.40. The highest BCUT2D eigenvalue weighted by Gasteiger charge is 2.15. The van der Waals surface area contributed by atoms with E-state index in [0.29, 0.717) is 11.3 Å². The Morgan fingerprint density at radius 2 is 1.71 bits per heavy atom. The number of carbonyl (C=O) groups is 1. The topological polar surface area (TPSA) is 75.3 Å². The zero-order valence-corrected chi connectivity index (χ0v) is 16.0. The lowest BCUT2D eigenvalue weighted by Gasteiger charge is -2.11. The summed E-state index contributed by atoms with van der Waals surface area (Å²) in [5, 5.41) is 2.75. The number of halogens is 1. The van der Waals surface area contributed by atoms with Gasteiger partial charge in [-0.05, 0) is 62.7 Å². The Hall–Kier alpha value is -1.70. The lowest BCUT2D eigenvalue weighted by molar-refractivity contribution is 0.102. The third-order valence-electron chi connectivity index (χ3n) is 3.25. The molecule has 0 atom stereocenters. The highest BCUT2D eigenvalue weighted by molar-refractivity contribution is 9.10. The lowest BCUT2D eigenvalue weighted by atomic mass is 10.1. The van der Waals surface area contributed by atoms with Crippen LogP contribution in [0, 0.1) is 6.92 Å². The average Bonchev–Trinajstić information content (AvgIpc) is 2.49. The number of benzene rings is 2. The maximum absolute atomic E-state index is 12.2. The van der Waals surface area contributed by atoms with Gasteiger partial charge in [-0.1, -0.05) is 22.0 Å². The molecule has 0 aliphatic heterocycles. The fourth-order valence-corrected chi connectivity index (χ4v) is 3.66. The molecule has 2 aromatic carbocycles. The van der Waals surface area contributed by atoms with E-state index in [4.69, 9.17) is 0 Å². The van der Waals surface area contributed by atoms with Gasteiger partial charge in [0.25, 0.3) is 5.91 Å². The van der Waals surface area contributed by atoms with Crippen LogP contribution in [0.15, 0.2) is 51.8 Å². The van der Waals surface area contributed by atoms with Crippen molar-refractivity contribution in [3.63, 3.8) is 0 Å². The van der Waals surface area contributed by atoms with Crippen molar-refractivity contribution in [3.05, 3.63) is 58.1 Å². The van der Waals surface area contributed by atoms with Crippen LogP contribution in [0.25, 0.3) is 0 Å². The smallest absolute Gasteiger partial charge is 0.255 e. The minimum absolute atomic E-state index is 0.160. The molecule has 1 amide bonds. The van der Waals surface area contributed by atoms with E-state index in [-0.39, 0.29) is 16.8 Å². The molecule has 0 aromatic heterocycles. The predicted molar refractivity (Wildman–Crippen MR) is 98.7 cm³/mol. The molecule has 0 saturated carbocycles. The fraction of sp³-hybridized carbons (Fsp3) is 0.235. The van der Waals surface area contributed by atoms with Gasteiger partial charge in [-0.25, -0.2) is 13.1 Å². The van der Waals surface area contributed by atoms with E-state index in [9.17, 15) is 13.2 Å². The maximum Gasteiger partial charge on any atom is 0.255 e. The zero-order chi connectivity index (χ0) is 17.9. The van der Waals surface area contributed by atoms with Crippen LogP contribution in [0.5, 0.6) is 0 Å². The number of carbonyl (C=O) groups excluding carboxylic acids is 1. The highest BCUT2D eigenvalue weighted by atomic mass is 79.9. The van der Waals surface area contributed by atoms with Crippen molar-refractivity contribution in [1.29, 1.82) is 0 Å². The van der Waals surface area contributed by atoms with Crippen LogP contribution < -0.4 is 10.0 Å². The van der Waals surface area contributed by atoms with Crippen LogP contribution >= 0.6 is 15.9 Å². The molecule has 0 heterocycles. The Labute approximate surface area is 150 Å². The molecule has 0 radical (unpaired) electrons. The minimum Gasteiger partial charge on any atom is -0.322 e. The summed E-state index contributed by atoms with van der Waals surface area (Å²) in [6.07, 6.45) is 0. The van der Waals surface area contributed by atoms with Crippen molar-refractivity contribution in [2.75, 3.05) is 5.32 Å². The maximum atomic E-state index is 12.2. The monoisotopic (exact) mass is 410 g/mol. The van der Waals surface area contributed by atoms with Crippen molar-refractivity contribution in [2.24, 2.45) is 0 Å². The summed E-state index contributed by atoms with van der Waals surface area (Å²) in [5.74, 6) is -0.258. The second-order valence-corrected chi connectivity index (χ2v) is 8.29. The van der Waals surface area contributed by atoms with E-state index in [2.05, 4.69) is 26.0 Å². The van der Waals surface area contributed by atoms with Gasteiger partial charge < -0.3 is 5.32 Å². The van der Waals surface area contributed by atoms with E-state index in [1.54, 1.807) is 38.1 Å². The zero-order valence-electron chi connectivity index (χ0n) is 13.6. The van der Waals surface area contributed by atoms with Gasteiger partial charge in [0.2, 0.25) is 10.0 Å². The molecule has 2 N–H and O–H groups in total. The molecule has 2 aromatic rings. The third kappa shape index (κ3) is 4.66. The molecule has 128 valence electrons. The Bertz CT molecular complexity index is 847. The van der Waals surface area contributed by atoms with Crippen LogP contribution in [0.4, 0.5) is 5.69 Å². The SMILES string of the molecule is Cc1ccc(C(=O)Nc2ccc(S(=O)(=O)NC(C)C)cc2)cc1Br. The van der Waals surface area contributed by atoms with E-state index in [0.717, 1.165) is 10.0 Å². The highest BCUT2D eigenvalue weighted by Crippen LogP contribution is 2.19. The van der Waals surface area contributed by atoms with E-state index in [1.807, 2.05) is 13.0 Å². The van der Waals surface area contributed by atoms with Crippen LogP contribution in [0.1, 0.15) is 29.8 Å². The van der Waals surface area contributed by atoms with Crippen LogP contribution in [-0.2, 0) is 10.0 Å². The number of aryl methyl sites for hydroxylation is 1. The van der Waals surface area contributed by atoms with E-state index in [1.165, 1.54) is 12.1 Å². The molecule has 0 spiro atoms. The summed E-state index contributed by atoms with van der Waals surface area (Å²) in [6, 6.07) is 11.2. The molecule has 7 heteroatoms. The Kier molecular flexibility index (Phi) is 5.79. The number of amides is 1. The number of sulfonamides is 1. The van der Waals surface area contributed by atoms with Gasteiger partial charge in [0.1, 0.15) is 0 Å². The molecular formula is C17H19BrN2O3S. The Balaban J connectivity index is 2.14. The van der Waals surface area contributed by atoms with Gasteiger partial charge in [0.15, 0.2) is 0 Å². The summed E-state index contributed by atoms with van der Waals surface area (Å²) in [6.45, 7) is 5.45. The quantitative estimate of drug-likeness (QED) is 0.788. The van der Waals surface area contributed by atoms with E-state index < -0.39 is 10.0 Å². The van der Waals surface area contributed by atoms with Gasteiger partial charge in [-0.3, -0.25) is 4.79 Å². The first kappa shape index (κ1) is 18.6. The van der Waals surface area contributed by atoms with Crippen molar-refractivity contribution in [1.82, 2.24) is 4.72 Å². The van der Waals surface area contributed by atoms with Gasteiger partial charge in [-0.15, -0.1) is 0 Å².